The van der Waals surface area contributed by atoms with Crippen LogP contribution in [0, 0.1) is 23.7 Å². The number of nitrogens with zero attached hydrogens (tertiary/aromatic N) is 2. The van der Waals surface area contributed by atoms with Gasteiger partial charge in [0.05, 0.1) is 19.2 Å². The molecule has 0 radical (unpaired) electrons. The number of methoxy groups -OCH3 is 1. The number of carboxylic acids is 1. The van der Waals surface area contributed by atoms with E-state index in [1.807, 2.05) is 48.5 Å². The molecule has 0 aliphatic carbocycles. The molecule has 0 bridgehead atoms. The zero-order valence-corrected chi connectivity index (χ0v) is 20.0. The van der Waals surface area contributed by atoms with E-state index in [2.05, 4.69) is 21.7 Å². The van der Waals surface area contributed by atoms with E-state index < -0.39 is 12.1 Å². The largest absolute Gasteiger partial charge is 0.497 e. The van der Waals surface area contributed by atoms with Gasteiger partial charge in [0.15, 0.2) is 0 Å². The van der Waals surface area contributed by atoms with Crippen LogP contribution in [0.2, 0.25) is 0 Å². The second-order valence-electron chi connectivity index (χ2n) is 9.14. The first-order chi connectivity index (χ1) is 17.0. The van der Waals surface area contributed by atoms with Crippen molar-refractivity contribution >= 4 is 16.9 Å². The Kier molecular flexibility index (Phi) is 8.33. The number of ether oxygens (including phenoxy) is 1. The predicted octanol–water partition coefficient (Wildman–Crippen LogP) is 5.50. The van der Waals surface area contributed by atoms with Gasteiger partial charge in [0.2, 0.25) is 0 Å². The Morgan fingerprint density at radius 1 is 1.23 bits per heavy atom. The van der Waals surface area contributed by atoms with Crippen LogP contribution in [-0.2, 0) is 4.79 Å². The van der Waals surface area contributed by atoms with Gasteiger partial charge in [-0.25, -0.2) is 4.39 Å². The highest BCUT2D eigenvalue weighted by molar-refractivity contribution is 5.83. The predicted molar refractivity (Wildman–Crippen MR) is 135 cm³/mol. The zero-order valence-electron chi connectivity index (χ0n) is 20.0. The molecule has 0 saturated carbocycles. The Hall–Kier alpha value is -3.43. The normalized spacial score (nSPS) is 19.0. The summed E-state index contributed by atoms with van der Waals surface area (Å²) in [5.41, 5.74) is 2.32. The number of piperidine rings is 1. The third kappa shape index (κ3) is 6.58. The fourth-order valence-electron chi connectivity index (χ4n) is 4.97. The van der Waals surface area contributed by atoms with E-state index in [1.165, 1.54) is 0 Å². The molecular formula is C29H31FN2O3. The van der Waals surface area contributed by atoms with E-state index in [0.29, 0.717) is 37.2 Å². The maximum atomic E-state index is 15.4. The van der Waals surface area contributed by atoms with Gasteiger partial charge in [0, 0.05) is 30.1 Å². The molecule has 2 aromatic carbocycles. The van der Waals surface area contributed by atoms with E-state index >= 15 is 4.39 Å². The van der Waals surface area contributed by atoms with Gasteiger partial charge in [-0.05, 0) is 79.6 Å². The molecule has 0 unspecified atom stereocenters. The molecule has 0 amide bonds. The van der Waals surface area contributed by atoms with Crippen LogP contribution in [0.1, 0.15) is 43.0 Å². The number of carboxylic acid groups (broad SMARTS) is 1. The van der Waals surface area contributed by atoms with Crippen LogP contribution in [0.4, 0.5) is 4.39 Å². The Morgan fingerprint density at radius 2 is 2.06 bits per heavy atom. The van der Waals surface area contributed by atoms with Gasteiger partial charge in [0.25, 0.3) is 0 Å². The summed E-state index contributed by atoms with van der Waals surface area (Å²) in [6.07, 6.45) is 2.44. The molecule has 5 nitrogen and oxygen atoms in total. The first kappa shape index (κ1) is 24.7. The van der Waals surface area contributed by atoms with Gasteiger partial charge in [-0.2, -0.15) is 0 Å². The summed E-state index contributed by atoms with van der Waals surface area (Å²) in [6, 6.07) is 17.0. The summed E-state index contributed by atoms with van der Waals surface area (Å²) in [6.45, 7) is 2.12. The Labute approximate surface area is 205 Å². The van der Waals surface area contributed by atoms with Crippen molar-refractivity contribution < 1.29 is 19.0 Å². The molecule has 4 rings (SSSR count). The molecule has 1 fully saturated rings. The minimum absolute atomic E-state index is 0.0127. The molecule has 182 valence electrons. The lowest BCUT2D eigenvalue weighted by atomic mass is 9.79. The molecule has 3 aromatic rings. The Morgan fingerprint density at radius 3 is 2.83 bits per heavy atom. The second-order valence-corrected chi connectivity index (χ2v) is 9.14. The number of halogens is 1. The summed E-state index contributed by atoms with van der Waals surface area (Å²) in [4.78, 5) is 18.1. The van der Waals surface area contributed by atoms with Crippen LogP contribution in [0.5, 0.6) is 5.75 Å². The molecule has 0 spiro atoms. The third-order valence-electron chi connectivity index (χ3n) is 6.83. The molecule has 35 heavy (non-hydrogen) atoms. The van der Waals surface area contributed by atoms with Crippen LogP contribution in [0.25, 0.3) is 10.9 Å². The van der Waals surface area contributed by atoms with Gasteiger partial charge in [0.1, 0.15) is 11.9 Å². The maximum Gasteiger partial charge on any atom is 0.303 e. The lowest BCUT2D eigenvalue weighted by Crippen LogP contribution is -2.41. The van der Waals surface area contributed by atoms with Crippen molar-refractivity contribution in [1.29, 1.82) is 0 Å². The lowest BCUT2D eigenvalue weighted by molar-refractivity contribution is -0.139. The highest BCUT2D eigenvalue weighted by Crippen LogP contribution is 2.36. The molecule has 3 atom stereocenters. The van der Waals surface area contributed by atoms with Gasteiger partial charge < -0.3 is 9.84 Å². The van der Waals surface area contributed by atoms with E-state index in [1.54, 1.807) is 19.4 Å². The number of hydrogen-bond acceptors (Lipinski definition) is 4. The van der Waals surface area contributed by atoms with Crippen LogP contribution in [-0.4, -0.2) is 47.7 Å². The first-order valence-electron chi connectivity index (χ1n) is 12.1. The molecule has 1 N–H and O–H groups in total. The monoisotopic (exact) mass is 474 g/mol. The van der Waals surface area contributed by atoms with E-state index in [4.69, 9.17) is 4.74 Å². The minimum Gasteiger partial charge on any atom is -0.497 e. The van der Waals surface area contributed by atoms with Gasteiger partial charge in [-0.15, -0.1) is 0 Å². The van der Waals surface area contributed by atoms with Gasteiger partial charge in [-0.1, -0.05) is 30.0 Å². The maximum absolute atomic E-state index is 15.4. The third-order valence-corrected chi connectivity index (χ3v) is 6.83. The fraction of sp³-hybridized carbons (Fsp3) is 0.379. The highest BCUT2D eigenvalue weighted by Gasteiger charge is 2.31. The lowest BCUT2D eigenvalue weighted by Gasteiger charge is -2.37. The Balaban J connectivity index is 1.39. The SMILES string of the molecule is COc1ccc2nccc([C@H](F)CC[C@@H]3CCN(CC#Cc4ccccc4)C[C@@H]3CC(=O)O)c2c1. The van der Waals surface area contributed by atoms with Crippen LogP contribution >= 0.6 is 0 Å². The van der Waals surface area contributed by atoms with E-state index in [0.717, 1.165) is 29.4 Å². The van der Waals surface area contributed by atoms with E-state index in [9.17, 15) is 9.90 Å². The van der Waals surface area contributed by atoms with Crippen molar-refractivity contribution in [3.05, 3.63) is 71.9 Å². The van der Waals surface area contributed by atoms with E-state index in [-0.39, 0.29) is 18.3 Å². The van der Waals surface area contributed by atoms with Crippen LogP contribution < -0.4 is 4.74 Å². The van der Waals surface area contributed by atoms with Crippen LogP contribution in [0.3, 0.4) is 0 Å². The summed E-state index contributed by atoms with van der Waals surface area (Å²) in [5, 5.41) is 10.2. The zero-order chi connectivity index (χ0) is 24.6. The minimum atomic E-state index is -1.15. The number of benzene rings is 2. The van der Waals surface area contributed by atoms with Crippen LogP contribution in [0.15, 0.2) is 60.8 Å². The van der Waals surface area contributed by atoms with Crippen molar-refractivity contribution in [2.45, 2.75) is 31.9 Å². The number of hydrogen-bond donors (Lipinski definition) is 1. The number of aromatic nitrogens is 1. The standard InChI is InChI=1S/C29H31FN2O3/c1-35-24-10-12-28-26(19-24)25(13-15-31-28)27(30)11-9-22-14-17-32(20-23(22)18-29(33)34)16-5-8-21-6-3-2-4-7-21/h2-4,6-7,10,12-13,15,19,22-23,27H,9,11,14,16-18,20H2,1H3,(H,33,34)/t22-,23+,27-/m1/s1. The number of rotatable bonds is 8. The number of fused-ring (bicyclic) bond motifs is 1. The van der Waals surface area contributed by atoms with Crippen molar-refractivity contribution in [2.75, 3.05) is 26.7 Å². The molecule has 1 aromatic heterocycles. The summed E-state index contributed by atoms with van der Waals surface area (Å²) < 4.78 is 20.7. The quantitative estimate of drug-likeness (QED) is 0.437. The number of carbonyl (C=O) groups is 1. The average molecular weight is 475 g/mol. The molecular weight excluding hydrogens is 443 g/mol. The van der Waals surface area contributed by atoms with Gasteiger partial charge >= 0.3 is 5.97 Å². The van der Waals surface area contributed by atoms with Crippen molar-refractivity contribution in [3.63, 3.8) is 0 Å². The summed E-state index contributed by atoms with van der Waals surface area (Å²) in [5.74, 6) is 6.40. The number of aliphatic carboxylic acids is 1. The topological polar surface area (TPSA) is 62.7 Å². The highest BCUT2D eigenvalue weighted by atomic mass is 19.1. The second kappa shape index (κ2) is 11.8. The van der Waals surface area contributed by atoms with Crippen molar-refractivity contribution in [3.8, 4) is 17.6 Å². The fourth-order valence-corrected chi connectivity index (χ4v) is 4.97. The molecule has 6 heteroatoms. The van der Waals surface area contributed by atoms with Crippen molar-refractivity contribution in [1.82, 2.24) is 9.88 Å². The molecule has 1 aliphatic rings. The Bertz CT molecular complexity index is 1200. The number of likely N-dealkylation sites (tertiary alicyclic amines) is 1. The molecule has 1 aliphatic heterocycles. The van der Waals surface area contributed by atoms with Crippen molar-refractivity contribution in [2.24, 2.45) is 11.8 Å². The number of pyridine rings is 1. The first-order valence-corrected chi connectivity index (χ1v) is 12.1. The molecule has 1 saturated heterocycles. The summed E-state index contributed by atoms with van der Waals surface area (Å²) in [7, 11) is 1.59. The van der Waals surface area contributed by atoms with Gasteiger partial charge in [-0.3, -0.25) is 14.7 Å². The molecule has 2 heterocycles. The summed E-state index contributed by atoms with van der Waals surface area (Å²) >= 11 is 0. The average Bonchev–Trinajstić information content (AvgIpc) is 2.87. The number of alkyl halides is 1. The smallest absolute Gasteiger partial charge is 0.303 e.